The van der Waals surface area contributed by atoms with E-state index in [0.717, 1.165) is 28.3 Å². The number of benzene rings is 11. The molecule has 0 bridgehead atoms. The number of para-hydroxylation sites is 1. The fraction of sp³-hybridized carbons (Fsp3) is 0.0448. The third kappa shape index (κ3) is 6.25. The summed E-state index contributed by atoms with van der Waals surface area (Å²) in [5.41, 5.74) is 19.3. The molecule has 70 heavy (non-hydrogen) atoms. The Bertz CT molecular complexity index is 4180. The lowest BCUT2D eigenvalue weighted by atomic mass is 9.82. The smallest absolute Gasteiger partial charge is 0.0626 e. The van der Waals surface area contributed by atoms with E-state index in [1.165, 1.54) is 103 Å². The van der Waals surface area contributed by atoms with Gasteiger partial charge < -0.3 is 9.47 Å². The first-order valence-corrected chi connectivity index (χ1v) is 25.1. The van der Waals surface area contributed by atoms with E-state index < -0.39 is 0 Å². The van der Waals surface area contributed by atoms with Gasteiger partial charge in [0.2, 0.25) is 0 Å². The van der Waals surface area contributed by atoms with Crippen LogP contribution in [0.1, 0.15) is 25.0 Å². The van der Waals surface area contributed by atoms with Crippen LogP contribution in [-0.2, 0) is 5.41 Å². The van der Waals surface area contributed by atoms with E-state index in [1.54, 1.807) is 0 Å². The van der Waals surface area contributed by atoms with Crippen molar-refractivity contribution in [3.8, 4) is 50.2 Å². The summed E-state index contributed by atoms with van der Waals surface area (Å²) in [6.45, 7) is 4.74. The highest BCUT2D eigenvalue weighted by Crippen LogP contribution is 2.53. The van der Waals surface area contributed by atoms with Crippen LogP contribution in [0.15, 0.2) is 243 Å². The molecule has 0 saturated heterocycles. The topological polar surface area (TPSA) is 8.17 Å². The van der Waals surface area contributed by atoms with Crippen LogP contribution in [0.4, 0.5) is 17.1 Å². The Kier molecular flexibility index (Phi) is 9.14. The molecule has 2 heterocycles. The van der Waals surface area contributed by atoms with Gasteiger partial charge in [0.15, 0.2) is 0 Å². The maximum Gasteiger partial charge on any atom is 0.0626 e. The highest BCUT2D eigenvalue weighted by atomic mass is 32.1. The maximum atomic E-state index is 2.55. The van der Waals surface area contributed by atoms with Crippen LogP contribution in [0.5, 0.6) is 0 Å². The highest BCUT2D eigenvalue weighted by Gasteiger charge is 2.36. The first kappa shape index (κ1) is 40.6. The number of rotatable bonds is 7. The Morgan fingerprint density at radius 1 is 0.371 bits per heavy atom. The number of anilines is 3. The quantitative estimate of drug-likeness (QED) is 0.155. The summed E-state index contributed by atoms with van der Waals surface area (Å²) in [5, 5.41) is 7.57. The first-order valence-electron chi connectivity index (χ1n) is 24.2. The largest absolute Gasteiger partial charge is 0.310 e. The van der Waals surface area contributed by atoms with E-state index >= 15 is 0 Å². The van der Waals surface area contributed by atoms with E-state index in [2.05, 4.69) is 266 Å². The molecule has 0 aliphatic heterocycles. The van der Waals surface area contributed by atoms with E-state index in [4.69, 9.17) is 0 Å². The van der Waals surface area contributed by atoms with Crippen molar-refractivity contribution in [2.24, 2.45) is 0 Å². The van der Waals surface area contributed by atoms with E-state index in [1.807, 2.05) is 11.3 Å². The van der Waals surface area contributed by atoms with Gasteiger partial charge in [-0.1, -0.05) is 190 Å². The van der Waals surface area contributed by atoms with Gasteiger partial charge in [-0.2, -0.15) is 0 Å². The third-order valence-electron chi connectivity index (χ3n) is 15.0. The molecule has 0 amide bonds. The molecule has 0 radical (unpaired) electrons. The molecule has 2 aromatic heterocycles. The van der Waals surface area contributed by atoms with Crippen LogP contribution in [0.3, 0.4) is 0 Å². The van der Waals surface area contributed by atoms with Gasteiger partial charge in [-0.15, -0.1) is 11.3 Å². The maximum absolute atomic E-state index is 2.55. The molecule has 0 fully saturated rings. The minimum atomic E-state index is -0.151. The number of hydrogen-bond acceptors (Lipinski definition) is 2. The molecule has 330 valence electrons. The lowest BCUT2D eigenvalue weighted by Gasteiger charge is -2.28. The summed E-state index contributed by atoms with van der Waals surface area (Å²) in [6, 6.07) is 90.0. The highest BCUT2D eigenvalue weighted by molar-refractivity contribution is 7.26. The van der Waals surface area contributed by atoms with Crippen LogP contribution in [0.2, 0.25) is 0 Å². The molecule has 13 aromatic rings. The van der Waals surface area contributed by atoms with E-state index in [9.17, 15) is 0 Å². The fourth-order valence-corrected chi connectivity index (χ4v) is 12.8. The predicted octanol–water partition coefficient (Wildman–Crippen LogP) is 19.1. The van der Waals surface area contributed by atoms with E-state index in [0.29, 0.717) is 0 Å². The number of hydrogen-bond donors (Lipinski definition) is 0. The van der Waals surface area contributed by atoms with Crippen molar-refractivity contribution >= 4 is 81.1 Å². The predicted molar refractivity (Wildman–Crippen MR) is 300 cm³/mol. The zero-order valence-electron chi connectivity index (χ0n) is 38.9. The van der Waals surface area contributed by atoms with Crippen molar-refractivity contribution in [3.63, 3.8) is 0 Å². The summed E-state index contributed by atoms with van der Waals surface area (Å²) < 4.78 is 5.12. The molecule has 1 aliphatic rings. The molecule has 3 heteroatoms. The minimum absolute atomic E-state index is 0.151. The molecule has 1 aliphatic carbocycles. The Balaban J connectivity index is 1.08. The van der Waals surface area contributed by atoms with Crippen LogP contribution in [0, 0.1) is 0 Å². The molecular weight excluding hydrogens is 865 g/mol. The van der Waals surface area contributed by atoms with Gasteiger partial charge in [-0.05, 0) is 128 Å². The summed E-state index contributed by atoms with van der Waals surface area (Å²) in [5.74, 6) is 0. The van der Waals surface area contributed by atoms with Gasteiger partial charge in [-0.25, -0.2) is 0 Å². The fourth-order valence-electron chi connectivity index (χ4n) is 11.6. The van der Waals surface area contributed by atoms with Crippen molar-refractivity contribution in [1.29, 1.82) is 0 Å². The lowest BCUT2D eigenvalue weighted by Crippen LogP contribution is -2.16. The second-order valence-electron chi connectivity index (χ2n) is 19.2. The molecule has 2 nitrogen and oxygen atoms in total. The number of thiophene rings is 1. The van der Waals surface area contributed by atoms with Crippen molar-refractivity contribution in [2.75, 3.05) is 4.90 Å². The van der Waals surface area contributed by atoms with Crippen LogP contribution in [-0.4, -0.2) is 4.57 Å². The van der Waals surface area contributed by atoms with Crippen LogP contribution in [0.25, 0.3) is 103 Å². The SMILES string of the molecule is CC1(C)c2ccccc2-c2ccc(N(c3ccc(-c4ccccc4)cc3)c3ccc4c5c6c(cc(-c7cccc8ccccc78)c5n(-c5ccccc5)c4c3)sc3ccc(-c4ccccc4)cc36)cc21. The zero-order chi connectivity index (χ0) is 46.5. The summed E-state index contributed by atoms with van der Waals surface area (Å²) >= 11 is 1.90. The lowest BCUT2D eigenvalue weighted by molar-refractivity contribution is 0.660. The standard InChI is InChI=1S/C67H46N2S/c1-67(2)59-28-15-14-26-54(59)55-36-34-50(40-60(55)67)68(49-32-29-45(30-33-49)43-17-6-3-7-18-43)51-35-37-56-61(41-51)69(48-23-10-5-11-24-48)66-57(53-27-16-22-46-21-12-13-25-52(46)53)42-63-64(65(56)66)58-39-47(31-38-62(58)70-63)44-19-8-4-9-20-44/h3-42H,1-2H3. The van der Waals surface area contributed by atoms with Gasteiger partial charge in [0.25, 0.3) is 0 Å². The minimum Gasteiger partial charge on any atom is -0.310 e. The average molecular weight is 911 g/mol. The van der Waals surface area contributed by atoms with Crippen LogP contribution >= 0.6 is 11.3 Å². The molecule has 0 spiro atoms. The third-order valence-corrected chi connectivity index (χ3v) is 16.1. The average Bonchev–Trinajstić information content (AvgIpc) is 4.03. The van der Waals surface area contributed by atoms with Crippen molar-refractivity contribution in [1.82, 2.24) is 4.57 Å². The summed E-state index contributed by atoms with van der Waals surface area (Å²) in [7, 11) is 0. The number of aromatic nitrogens is 1. The number of fused-ring (bicyclic) bond motifs is 11. The van der Waals surface area contributed by atoms with E-state index in [-0.39, 0.29) is 5.41 Å². The Morgan fingerprint density at radius 2 is 0.971 bits per heavy atom. The van der Waals surface area contributed by atoms with Gasteiger partial charge >= 0.3 is 0 Å². The summed E-state index contributed by atoms with van der Waals surface area (Å²) in [6.07, 6.45) is 0. The first-order chi connectivity index (χ1) is 34.5. The molecule has 0 atom stereocenters. The Morgan fingerprint density at radius 3 is 1.77 bits per heavy atom. The molecule has 14 rings (SSSR count). The number of nitrogens with zero attached hydrogens (tertiary/aromatic N) is 2. The molecule has 0 N–H and O–H groups in total. The van der Waals surface area contributed by atoms with Crippen molar-refractivity contribution in [3.05, 3.63) is 254 Å². The second-order valence-corrected chi connectivity index (χ2v) is 20.3. The van der Waals surface area contributed by atoms with Gasteiger partial charge in [-0.3, -0.25) is 0 Å². The van der Waals surface area contributed by atoms with Crippen LogP contribution < -0.4 is 4.90 Å². The van der Waals surface area contributed by atoms with Crippen molar-refractivity contribution in [2.45, 2.75) is 19.3 Å². The second kappa shape index (κ2) is 15.8. The summed E-state index contributed by atoms with van der Waals surface area (Å²) in [4.78, 5) is 2.47. The molecule has 0 saturated carbocycles. The Labute approximate surface area is 411 Å². The molecular formula is C67H46N2S. The molecule has 0 unspecified atom stereocenters. The van der Waals surface area contributed by atoms with Gasteiger partial charge in [0, 0.05) is 64.7 Å². The van der Waals surface area contributed by atoms with Gasteiger partial charge in [0.05, 0.1) is 11.0 Å². The monoisotopic (exact) mass is 910 g/mol. The molecule has 11 aromatic carbocycles. The normalized spacial score (nSPS) is 12.8. The zero-order valence-corrected chi connectivity index (χ0v) is 39.7. The van der Waals surface area contributed by atoms with Gasteiger partial charge in [0.1, 0.15) is 0 Å². The Hall–Kier alpha value is -8.50. The van der Waals surface area contributed by atoms with Crippen molar-refractivity contribution < 1.29 is 0 Å².